The largest absolute Gasteiger partial charge is 0.342 e. The third-order valence-corrected chi connectivity index (χ3v) is 5.62. The molecular weight excluding hydrogens is 333 g/mol. The van der Waals surface area contributed by atoms with Gasteiger partial charge in [0.15, 0.2) is 0 Å². The number of piperidine rings is 1. The molecule has 4 nitrogen and oxygen atoms in total. The minimum Gasteiger partial charge on any atom is -0.342 e. The van der Waals surface area contributed by atoms with Crippen molar-refractivity contribution in [3.8, 4) is 0 Å². The molecule has 23 heavy (non-hydrogen) atoms. The minimum absolute atomic E-state index is 0. The zero-order chi connectivity index (χ0) is 15.2. The Labute approximate surface area is 154 Å². The highest BCUT2D eigenvalue weighted by molar-refractivity contribution is 5.85. The van der Waals surface area contributed by atoms with E-state index in [0.717, 1.165) is 44.9 Å². The lowest BCUT2D eigenvalue weighted by Crippen LogP contribution is -2.45. The Morgan fingerprint density at radius 1 is 1.09 bits per heavy atom. The Morgan fingerprint density at radius 2 is 1.70 bits per heavy atom. The molecule has 1 aliphatic carbocycles. The maximum absolute atomic E-state index is 12.7. The van der Waals surface area contributed by atoms with Crippen molar-refractivity contribution in [3.63, 3.8) is 0 Å². The van der Waals surface area contributed by atoms with Gasteiger partial charge in [0, 0.05) is 25.6 Å². The molecule has 0 aromatic rings. The lowest BCUT2D eigenvalue weighted by atomic mass is 9.91. The highest BCUT2D eigenvalue weighted by atomic mass is 35.5. The van der Waals surface area contributed by atoms with Crippen molar-refractivity contribution in [2.45, 2.75) is 46.0 Å². The van der Waals surface area contributed by atoms with Crippen LogP contribution in [-0.2, 0) is 4.79 Å². The van der Waals surface area contributed by atoms with Crippen LogP contribution < -0.4 is 5.73 Å². The van der Waals surface area contributed by atoms with Gasteiger partial charge >= 0.3 is 0 Å². The molecule has 0 aromatic heterocycles. The van der Waals surface area contributed by atoms with Gasteiger partial charge in [-0.25, -0.2) is 0 Å². The predicted octanol–water partition coefficient (Wildman–Crippen LogP) is 2.79. The monoisotopic (exact) mass is 367 g/mol. The van der Waals surface area contributed by atoms with Gasteiger partial charge in [0.2, 0.25) is 5.91 Å². The molecule has 2 N–H and O–H groups in total. The molecule has 6 heteroatoms. The van der Waals surface area contributed by atoms with Crippen molar-refractivity contribution in [1.29, 1.82) is 0 Å². The van der Waals surface area contributed by atoms with Crippen LogP contribution >= 0.6 is 24.8 Å². The van der Waals surface area contributed by atoms with Crippen molar-refractivity contribution >= 4 is 30.7 Å². The molecular formula is C17H35Cl2N3O. The Hall–Kier alpha value is -0.0300. The summed E-state index contributed by atoms with van der Waals surface area (Å²) in [6, 6.07) is 0. The molecule has 1 saturated carbocycles. The average Bonchev–Trinajstić information content (AvgIpc) is 3.01. The van der Waals surface area contributed by atoms with Gasteiger partial charge in [0.1, 0.15) is 0 Å². The quantitative estimate of drug-likeness (QED) is 0.784. The van der Waals surface area contributed by atoms with Gasteiger partial charge in [-0.15, -0.1) is 24.8 Å². The first kappa shape index (κ1) is 23.0. The third kappa shape index (κ3) is 6.08. The normalized spacial score (nSPS) is 25.1. The fourth-order valence-corrected chi connectivity index (χ4v) is 4.06. The Kier molecular flexibility index (Phi) is 11.5. The molecule has 0 spiro atoms. The summed E-state index contributed by atoms with van der Waals surface area (Å²) >= 11 is 0. The lowest BCUT2D eigenvalue weighted by molar-refractivity contribution is -0.138. The van der Waals surface area contributed by atoms with Gasteiger partial charge in [-0.2, -0.15) is 0 Å². The summed E-state index contributed by atoms with van der Waals surface area (Å²) in [5.41, 5.74) is 5.82. The molecule has 2 fully saturated rings. The standard InChI is InChI=1S/C17H33N3O.2ClH/c1-3-19(4-2)13-14-8-10-20(11-9-14)17(21)16-7-5-6-15(16)12-18;;/h14-16H,3-13,18H2,1-2H3;2*1H/t15-,16-;;/m1../s1. The minimum atomic E-state index is 0. The third-order valence-electron chi connectivity index (χ3n) is 5.62. The summed E-state index contributed by atoms with van der Waals surface area (Å²) < 4.78 is 0. The molecule has 2 rings (SSSR count). The number of carbonyl (C=O) groups is 1. The van der Waals surface area contributed by atoms with Crippen molar-refractivity contribution in [2.75, 3.05) is 39.3 Å². The number of hydrogen-bond acceptors (Lipinski definition) is 3. The van der Waals surface area contributed by atoms with E-state index in [9.17, 15) is 4.79 Å². The van der Waals surface area contributed by atoms with E-state index in [0.29, 0.717) is 18.4 Å². The summed E-state index contributed by atoms with van der Waals surface area (Å²) in [7, 11) is 0. The van der Waals surface area contributed by atoms with Crippen LogP contribution in [0.25, 0.3) is 0 Å². The smallest absolute Gasteiger partial charge is 0.226 e. The van der Waals surface area contributed by atoms with E-state index in [1.54, 1.807) is 0 Å². The Morgan fingerprint density at radius 3 is 2.22 bits per heavy atom. The summed E-state index contributed by atoms with van der Waals surface area (Å²) in [6.07, 6.45) is 5.71. The number of carbonyl (C=O) groups excluding carboxylic acids is 1. The fraction of sp³-hybridized carbons (Fsp3) is 0.941. The first-order valence-corrected chi connectivity index (χ1v) is 8.90. The zero-order valence-electron chi connectivity index (χ0n) is 14.7. The van der Waals surface area contributed by atoms with Crippen LogP contribution in [0.15, 0.2) is 0 Å². The molecule has 0 unspecified atom stereocenters. The van der Waals surface area contributed by atoms with E-state index in [2.05, 4.69) is 23.6 Å². The SMILES string of the molecule is CCN(CC)CC1CCN(C(=O)[C@@H]2CCC[C@@H]2CN)CC1.Cl.Cl. The summed E-state index contributed by atoms with van der Waals surface area (Å²) in [4.78, 5) is 17.3. The number of halogens is 2. The van der Waals surface area contributed by atoms with Crippen LogP contribution in [0.3, 0.4) is 0 Å². The van der Waals surface area contributed by atoms with E-state index in [-0.39, 0.29) is 30.7 Å². The van der Waals surface area contributed by atoms with Gasteiger partial charge in [-0.3, -0.25) is 4.79 Å². The highest BCUT2D eigenvalue weighted by Crippen LogP contribution is 2.33. The van der Waals surface area contributed by atoms with Crippen LogP contribution in [0.4, 0.5) is 0 Å². The molecule has 1 saturated heterocycles. The number of likely N-dealkylation sites (tertiary alicyclic amines) is 1. The molecule has 0 aromatic carbocycles. The second-order valence-electron chi connectivity index (χ2n) is 6.79. The highest BCUT2D eigenvalue weighted by Gasteiger charge is 2.35. The van der Waals surface area contributed by atoms with Gasteiger partial charge in [0.05, 0.1) is 0 Å². The van der Waals surface area contributed by atoms with Crippen LogP contribution in [-0.4, -0.2) is 55.0 Å². The summed E-state index contributed by atoms with van der Waals surface area (Å²) in [6.45, 7) is 10.5. The molecule has 2 aliphatic rings. The maximum atomic E-state index is 12.7. The van der Waals surface area contributed by atoms with E-state index in [1.807, 2.05) is 0 Å². The first-order valence-electron chi connectivity index (χ1n) is 8.90. The van der Waals surface area contributed by atoms with Gasteiger partial charge < -0.3 is 15.5 Å². The number of amides is 1. The van der Waals surface area contributed by atoms with Gasteiger partial charge in [-0.1, -0.05) is 20.3 Å². The lowest BCUT2D eigenvalue weighted by Gasteiger charge is -2.36. The molecule has 1 heterocycles. The fourth-order valence-electron chi connectivity index (χ4n) is 4.06. The van der Waals surface area contributed by atoms with Gasteiger partial charge in [-0.05, 0) is 57.2 Å². The van der Waals surface area contributed by atoms with E-state index in [1.165, 1.54) is 25.8 Å². The molecule has 0 bridgehead atoms. The van der Waals surface area contributed by atoms with Crippen molar-refractivity contribution in [1.82, 2.24) is 9.80 Å². The van der Waals surface area contributed by atoms with Gasteiger partial charge in [0.25, 0.3) is 0 Å². The number of nitrogens with two attached hydrogens (primary N) is 1. The second kappa shape index (κ2) is 11.5. The second-order valence-corrected chi connectivity index (χ2v) is 6.79. The molecule has 1 aliphatic heterocycles. The summed E-state index contributed by atoms with van der Waals surface area (Å²) in [5, 5.41) is 0. The van der Waals surface area contributed by atoms with E-state index < -0.39 is 0 Å². The van der Waals surface area contributed by atoms with Crippen LogP contribution in [0, 0.1) is 17.8 Å². The number of hydrogen-bond donors (Lipinski definition) is 1. The van der Waals surface area contributed by atoms with Crippen LogP contribution in [0.5, 0.6) is 0 Å². The molecule has 1 amide bonds. The topological polar surface area (TPSA) is 49.6 Å². The average molecular weight is 368 g/mol. The Bertz CT molecular complexity index is 332. The molecule has 138 valence electrons. The van der Waals surface area contributed by atoms with Crippen molar-refractivity contribution in [3.05, 3.63) is 0 Å². The van der Waals surface area contributed by atoms with E-state index >= 15 is 0 Å². The Balaban J connectivity index is 0.00000242. The van der Waals surface area contributed by atoms with E-state index in [4.69, 9.17) is 5.73 Å². The molecule has 2 atom stereocenters. The number of rotatable bonds is 6. The number of nitrogens with zero attached hydrogens (tertiary/aromatic N) is 2. The molecule has 0 radical (unpaired) electrons. The van der Waals surface area contributed by atoms with Crippen molar-refractivity contribution in [2.24, 2.45) is 23.5 Å². The summed E-state index contributed by atoms with van der Waals surface area (Å²) in [5.74, 6) is 1.81. The maximum Gasteiger partial charge on any atom is 0.226 e. The predicted molar refractivity (Wildman–Crippen MR) is 101 cm³/mol. The first-order chi connectivity index (χ1) is 10.2. The van der Waals surface area contributed by atoms with Crippen LogP contribution in [0.1, 0.15) is 46.0 Å². The zero-order valence-corrected chi connectivity index (χ0v) is 16.3. The van der Waals surface area contributed by atoms with Crippen LogP contribution in [0.2, 0.25) is 0 Å². The van der Waals surface area contributed by atoms with Crippen molar-refractivity contribution < 1.29 is 4.79 Å².